The molecule has 2 heterocycles. The third kappa shape index (κ3) is 2.82. The average molecular weight is 249 g/mol. The largest absolute Gasteiger partial charge is 0.398 e. The maximum Gasteiger partial charge on any atom is 0.0955 e. The lowest BCUT2D eigenvalue weighted by atomic mass is 9.84. The normalized spacial score (nSPS) is 20.2. The molecule has 0 unspecified atom stereocenters. The predicted octanol–water partition coefficient (Wildman–Crippen LogP) is 1.60. The summed E-state index contributed by atoms with van der Waals surface area (Å²) >= 11 is 0. The van der Waals surface area contributed by atoms with Crippen molar-refractivity contribution in [3.05, 3.63) is 24.0 Å². The Morgan fingerprint density at radius 3 is 2.67 bits per heavy atom. The molecule has 0 radical (unpaired) electrons. The predicted molar refractivity (Wildman–Crippen MR) is 73.1 cm³/mol. The molecule has 1 aromatic heterocycles. The molecule has 0 bridgehead atoms. The maximum absolute atomic E-state index is 10.7. The highest BCUT2D eigenvalue weighted by Gasteiger charge is 2.35. The van der Waals surface area contributed by atoms with Crippen molar-refractivity contribution in [2.75, 3.05) is 25.4 Å². The molecule has 0 saturated carbocycles. The maximum atomic E-state index is 10.7. The lowest BCUT2D eigenvalue weighted by Crippen LogP contribution is -2.44. The third-order valence-electron chi connectivity index (χ3n) is 3.66. The van der Waals surface area contributed by atoms with Crippen LogP contribution in [0.5, 0.6) is 0 Å². The van der Waals surface area contributed by atoms with Crippen LogP contribution in [0.4, 0.5) is 5.69 Å². The van der Waals surface area contributed by atoms with Crippen LogP contribution in [-0.4, -0.2) is 34.6 Å². The summed E-state index contributed by atoms with van der Waals surface area (Å²) in [5, 5.41) is 10.7. The minimum Gasteiger partial charge on any atom is -0.398 e. The van der Waals surface area contributed by atoms with Crippen LogP contribution in [0.25, 0.3) is 0 Å². The van der Waals surface area contributed by atoms with Crippen molar-refractivity contribution in [1.29, 1.82) is 0 Å². The van der Waals surface area contributed by atoms with Crippen LogP contribution in [0, 0.1) is 5.92 Å². The number of piperidine rings is 1. The fraction of sp³-hybridized carbons (Fsp3) is 0.643. The van der Waals surface area contributed by atoms with E-state index in [0.29, 0.717) is 11.6 Å². The number of hydrogen-bond donors (Lipinski definition) is 2. The van der Waals surface area contributed by atoms with Gasteiger partial charge in [-0.3, -0.25) is 4.98 Å². The molecule has 4 nitrogen and oxygen atoms in total. The zero-order chi connectivity index (χ0) is 13.2. The van der Waals surface area contributed by atoms with Crippen LogP contribution < -0.4 is 5.73 Å². The molecule has 1 fully saturated rings. The minimum atomic E-state index is -0.800. The summed E-state index contributed by atoms with van der Waals surface area (Å²) in [6.45, 7) is 7.38. The highest BCUT2D eigenvalue weighted by atomic mass is 16.3. The summed E-state index contributed by atoms with van der Waals surface area (Å²) in [6.07, 6.45) is 4.83. The Balaban J connectivity index is 2.05. The Morgan fingerprint density at radius 2 is 2.11 bits per heavy atom. The smallest absolute Gasteiger partial charge is 0.0955 e. The fourth-order valence-corrected chi connectivity index (χ4v) is 2.69. The number of likely N-dealkylation sites (tertiary alicyclic amines) is 1. The highest BCUT2D eigenvalue weighted by molar-refractivity contribution is 5.47. The van der Waals surface area contributed by atoms with E-state index in [1.165, 1.54) is 0 Å². The summed E-state index contributed by atoms with van der Waals surface area (Å²) in [5.74, 6) is 0.666. The van der Waals surface area contributed by atoms with Crippen molar-refractivity contribution in [1.82, 2.24) is 9.88 Å². The van der Waals surface area contributed by atoms with Crippen molar-refractivity contribution in [2.24, 2.45) is 5.92 Å². The van der Waals surface area contributed by atoms with E-state index in [0.717, 1.165) is 38.0 Å². The first-order valence-corrected chi connectivity index (χ1v) is 6.66. The van der Waals surface area contributed by atoms with Crippen LogP contribution >= 0.6 is 0 Å². The molecule has 3 N–H and O–H groups in total. The van der Waals surface area contributed by atoms with E-state index < -0.39 is 5.60 Å². The highest BCUT2D eigenvalue weighted by Crippen LogP contribution is 2.35. The second kappa shape index (κ2) is 5.24. The zero-order valence-electron chi connectivity index (χ0n) is 11.3. The Kier molecular flexibility index (Phi) is 3.88. The van der Waals surface area contributed by atoms with E-state index in [-0.39, 0.29) is 0 Å². The number of nitrogen functional groups attached to an aromatic ring is 1. The van der Waals surface area contributed by atoms with Crippen molar-refractivity contribution >= 4 is 5.69 Å². The molecule has 1 aliphatic rings. The van der Waals surface area contributed by atoms with Gasteiger partial charge in [-0.15, -0.1) is 0 Å². The van der Waals surface area contributed by atoms with Crippen LogP contribution in [0.15, 0.2) is 18.5 Å². The van der Waals surface area contributed by atoms with Gasteiger partial charge in [-0.2, -0.15) is 0 Å². The number of aliphatic hydroxyl groups is 1. The number of nitrogens with zero attached hydrogens (tertiary/aromatic N) is 2. The molecular formula is C14H23N3O. The van der Waals surface area contributed by atoms with Crippen molar-refractivity contribution in [3.63, 3.8) is 0 Å². The molecule has 18 heavy (non-hydrogen) atoms. The Bertz CT molecular complexity index is 398. The van der Waals surface area contributed by atoms with Crippen LogP contribution in [-0.2, 0) is 5.60 Å². The number of anilines is 1. The molecule has 0 aliphatic carbocycles. The second-order valence-corrected chi connectivity index (χ2v) is 5.69. The molecular weight excluding hydrogens is 226 g/mol. The molecule has 0 spiro atoms. The lowest BCUT2D eigenvalue weighted by molar-refractivity contribution is -0.0276. The first kappa shape index (κ1) is 13.3. The third-order valence-corrected chi connectivity index (χ3v) is 3.66. The van der Waals surface area contributed by atoms with Crippen molar-refractivity contribution in [2.45, 2.75) is 32.3 Å². The zero-order valence-corrected chi connectivity index (χ0v) is 11.3. The van der Waals surface area contributed by atoms with Gasteiger partial charge in [0.25, 0.3) is 0 Å². The molecule has 1 aliphatic heterocycles. The van der Waals surface area contributed by atoms with Crippen molar-refractivity contribution < 1.29 is 5.11 Å². The van der Waals surface area contributed by atoms with Gasteiger partial charge in [0.1, 0.15) is 0 Å². The van der Waals surface area contributed by atoms with E-state index in [9.17, 15) is 5.11 Å². The summed E-state index contributed by atoms with van der Waals surface area (Å²) in [7, 11) is 0. The molecule has 0 amide bonds. The molecule has 2 rings (SSSR count). The number of pyridine rings is 1. The quantitative estimate of drug-likeness (QED) is 0.854. The van der Waals surface area contributed by atoms with E-state index in [1.54, 1.807) is 18.5 Å². The Labute approximate surface area is 109 Å². The number of nitrogens with two attached hydrogens (primary N) is 1. The van der Waals surface area contributed by atoms with Gasteiger partial charge in [0, 0.05) is 43.3 Å². The SMILES string of the molecule is CC(C)CN1CCC(O)(c2cnccc2N)CC1. The van der Waals surface area contributed by atoms with Gasteiger partial charge in [-0.1, -0.05) is 13.8 Å². The molecule has 1 aromatic rings. The van der Waals surface area contributed by atoms with E-state index >= 15 is 0 Å². The van der Waals surface area contributed by atoms with Crippen LogP contribution in [0.1, 0.15) is 32.3 Å². The molecule has 0 aromatic carbocycles. The van der Waals surface area contributed by atoms with Crippen molar-refractivity contribution in [3.8, 4) is 0 Å². The van der Waals surface area contributed by atoms with Gasteiger partial charge in [0.15, 0.2) is 0 Å². The van der Waals surface area contributed by atoms with Gasteiger partial charge >= 0.3 is 0 Å². The summed E-state index contributed by atoms with van der Waals surface area (Å²) < 4.78 is 0. The Morgan fingerprint density at radius 1 is 1.44 bits per heavy atom. The number of rotatable bonds is 3. The summed E-state index contributed by atoms with van der Waals surface area (Å²) in [4.78, 5) is 6.49. The minimum absolute atomic E-state index is 0.643. The van der Waals surface area contributed by atoms with Gasteiger partial charge in [-0.25, -0.2) is 0 Å². The van der Waals surface area contributed by atoms with E-state index in [4.69, 9.17) is 5.73 Å². The topological polar surface area (TPSA) is 62.4 Å². The monoisotopic (exact) mass is 249 g/mol. The second-order valence-electron chi connectivity index (χ2n) is 5.69. The molecule has 0 atom stereocenters. The van der Waals surface area contributed by atoms with Gasteiger partial charge in [0.2, 0.25) is 0 Å². The van der Waals surface area contributed by atoms with Gasteiger partial charge in [0.05, 0.1) is 5.60 Å². The van der Waals surface area contributed by atoms with E-state index in [2.05, 4.69) is 23.7 Å². The van der Waals surface area contributed by atoms with Gasteiger partial charge < -0.3 is 15.7 Å². The summed E-state index contributed by atoms with van der Waals surface area (Å²) in [6, 6.07) is 1.76. The molecule has 4 heteroatoms. The molecule has 100 valence electrons. The van der Waals surface area contributed by atoms with Crippen LogP contribution in [0.3, 0.4) is 0 Å². The van der Waals surface area contributed by atoms with Crippen LogP contribution in [0.2, 0.25) is 0 Å². The van der Waals surface area contributed by atoms with Gasteiger partial charge in [-0.05, 0) is 24.8 Å². The average Bonchev–Trinajstić information content (AvgIpc) is 2.32. The van der Waals surface area contributed by atoms with E-state index in [1.807, 2.05) is 0 Å². The Hall–Kier alpha value is -1.13. The lowest BCUT2D eigenvalue weighted by Gasteiger charge is -2.39. The summed E-state index contributed by atoms with van der Waals surface area (Å²) in [5.41, 5.74) is 6.57. The number of hydrogen-bond acceptors (Lipinski definition) is 4. The molecule has 1 saturated heterocycles. The standard InChI is InChI=1S/C14H23N3O/c1-11(2)10-17-7-4-14(18,5-8-17)12-9-16-6-3-13(12)15/h3,6,9,11,18H,4-5,7-8,10H2,1-2H3,(H2,15,16). The first-order valence-electron chi connectivity index (χ1n) is 6.66. The fourth-order valence-electron chi connectivity index (χ4n) is 2.69. The number of aromatic nitrogens is 1. The first-order chi connectivity index (χ1) is 8.51.